The molecular formula is C21H20N4O5S. The highest BCUT2D eigenvalue weighted by Crippen LogP contribution is 2.27. The molecule has 0 aliphatic carbocycles. The van der Waals surface area contributed by atoms with Gasteiger partial charge in [0.25, 0.3) is 5.91 Å². The van der Waals surface area contributed by atoms with Gasteiger partial charge >= 0.3 is 0 Å². The Hall–Kier alpha value is -3.76. The van der Waals surface area contributed by atoms with Gasteiger partial charge in [-0.3, -0.25) is 4.79 Å². The Morgan fingerprint density at radius 2 is 1.74 bits per heavy atom. The van der Waals surface area contributed by atoms with Gasteiger partial charge in [-0.1, -0.05) is 6.07 Å². The molecule has 0 radical (unpaired) electrons. The minimum atomic E-state index is -3.89. The number of nitrogens with two attached hydrogens (primary N) is 1. The van der Waals surface area contributed by atoms with Crippen LogP contribution in [0.3, 0.4) is 0 Å². The second-order valence-electron chi connectivity index (χ2n) is 6.73. The minimum absolute atomic E-state index is 0.0974. The van der Waals surface area contributed by atoms with Crippen LogP contribution in [0.2, 0.25) is 0 Å². The summed E-state index contributed by atoms with van der Waals surface area (Å²) >= 11 is 0. The molecule has 0 spiro atoms. The molecule has 0 fully saturated rings. The van der Waals surface area contributed by atoms with Crippen LogP contribution in [0.5, 0.6) is 11.5 Å². The predicted octanol–water partition coefficient (Wildman–Crippen LogP) is 2.53. The molecule has 0 saturated heterocycles. The summed E-state index contributed by atoms with van der Waals surface area (Å²) in [6.07, 6.45) is 4.28. The van der Waals surface area contributed by atoms with Crippen LogP contribution in [0.1, 0.15) is 16.8 Å². The van der Waals surface area contributed by atoms with E-state index in [0.717, 1.165) is 5.56 Å². The lowest BCUT2D eigenvalue weighted by Crippen LogP contribution is -2.26. The van der Waals surface area contributed by atoms with Crippen LogP contribution < -0.4 is 10.0 Å². The Balaban J connectivity index is 2.02. The van der Waals surface area contributed by atoms with Crippen LogP contribution in [0.4, 0.5) is 11.6 Å². The van der Waals surface area contributed by atoms with Crippen LogP contribution >= 0.6 is 0 Å². The molecule has 9 nitrogen and oxygen atoms in total. The number of hydrogen-bond donors (Lipinski definition) is 3. The summed E-state index contributed by atoms with van der Waals surface area (Å²) in [5, 5.41) is 24.2. The fourth-order valence-corrected chi connectivity index (χ4v) is 3.15. The van der Waals surface area contributed by atoms with Gasteiger partial charge in [-0.15, -0.1) is 0 Å². The van der Waals surface area contributed by atoms with Gasteiger partial charge in [-0.25, -0.2) is 28.4 Å². The van der Waals surface area contributed by atoms with E-state index in [2.05, 4.69) is 9.97 Å². The number of phenolic OH excluding ortho intramolecular Hbond substituents is 2. The smallest absolute Gasteiger partial charge is 0.257 e. The highest BCUT2D eigenvalue weighted by atomic mass is 32.2. The molecule has 1 aromatic heterocycles. The number of amides is 1. The van der Waals surface area contributed by atoms with Gasteiger partial charge in [0.05, 0.1) is 10.6 Å². The normalized spacial score (nSPS) is 11.6. The molecule has 0 aliphatic heterocycles. The van der Waals surface area contributed by atoms with Crippen molar-refractivity contribution in [2.75, 3.05) is 4.90 Å². The third-order valence-corrected chi connectivity index (χ3v) is 5.40. The van der Waals surface area contributed by atoms with Crippen molar-refractivity contribution in [3.8, 4) is 11.5 Å². The van der Waals surface area contributed by atoms with Crippen molar-refractivity contribution in [2.45, 2.75) is 18.7 Å². The van der Waals surface area contributed by atoms with E-state index in [4.69, 9.17) is 5.14 Å². The van der Waals surface area contributed by atoms with E-state index < -0.39 is 15.9 Å². The van der Waals surface area contributed by atoms with E-state index in [-0.39, 0.29) is 22.3 Å². The molecule has 0 aliphatic rings. The molecule has 3 rings (SSSR count). The molecule has 31 heavy (non-hydrogen) atoms. The van der Waals surface area contributed by atoms with Crippen LogP contribution in [0.15, 0.2) is 59.6 Å². The SMILES string of the molecule is Cc1cnc(N(C(=O)/C=C/c2ccc(O)c(O)c2)c2ccc(S(N)(=O)=O)cc2)nc1C. The number of rotatable bonds is 5. The third kappa shape index (κ3) is 5.05. The number of aromatic nitrogens is 2. The van der Waals surface area contributed by atoms with Gasteiger partial charge < -0.3 is 10.2 Å². The molecule has 1 heterocycles. The Labute approximate surface area is 179 Å². The summed E-state index contributed by atoms with van der Waals surface area (Å²) in [6.45, 7) is 3.62. The van der Waals surface area contributed by atoms with Crippen molar-refractivity contribution in [3.63, 3.8) is 0 Å². The van der Waals surface area contributed by atoms with Crippen LogP contribution in [-0.2, 0) is 14.8 Å². The van der Waals surface area contributed by atoms with Gasteiger partial charge in [-0.2, -0.15) is 0 Å². The van der Waals surface area contributed by atoms with Crippen molar-refractivity contribution in [1.29, 1.82) is 0 Å². The Bertz CT molecular complexity index is 1270. The number of anilines is 2. The number of carbonyl (C=O) groups excluding carboxylic acids is 1. The average Bonchev–Trinajstić information content (AvgIpc) is 2.71. The van der Waals surface area contributed by atoms with E-state index in [0.29, 0.717) is 16.9 Å². The summed E-state index contributed by atoms with van der Waals surface area (Å²) in [6, 6.07) is 9.55. The molecule has 0 saturated carbocycles. The second kappa shape index (κ2) is 8.54. The molecular weight excluding hydrogens is 420 g/mol. The van der Waals surface area contributed by atoms with Gasteiger partial charge in [0.15, 0.2) is 11.5 Å². The highest BCUT2D eigenvalue weighted by Gasteiger charge is 2.20. The van der Waals surface area contributed by atoms with Crippen molar-refractivity contribution < 1.29 is 23.4 Å². The summed E-state index contributed by atoms with van der Waals surface area (Å²) in [4.78, 5) is 22.8. The first-order valence-corrected chi connectivity index (χ1v) is 10.6. The maximum Gasteiger partial charge on any atom is 0.257 e. The summed E-state index contributed by atoms with van der Waals surface area (Å²) in [5.41, 5.74) is 2.33. The number of primary sulfonamides is 1. The number of aryl methyl sites for hydroxylation is 2. The monoisotopic (exact) mass is 440 g/mol. The lowest BCUT2D eigenvalue weighted by atomic mass is 10.2. The second-order valence-corrected chi connectivity index (χ2v) is 8.29. The van der Waals surface area contributed by atoms with Gasteiger partial charge in [-0.05, 0) is 67.4 Å². The molecule has 0 unspecified atom stereocenters. The number of nitrogens with zero attached hydrogens (tertiary/aromatic N) is 3. The zero-order valence-corrected chi connectivity index (χ0v) is 17.5. The van der Waals surface area contributed by atoms with E-state index in [9.17, 15) is 23.4 Å². The first-order chi connectivity index (χ1) is 14.6. The maximum absolute atomic E-state index is 13.1. The highest BCUT2D eigenvalue weighted by molar-refractivity contribution is 7.89. The number of aromatic hydroxyl groups is 2. The van der Waals surface area contributed by atoms with Crippen LogP contribution in [0, 0.1) is 13.8 Å². The Kier molecular flexibility index (Phi) is 6.04. The molecule has 0 bridgehead atoms. The molecule has 0 atom stereocenters. The quantitative estimate of drug-likeness (QED) is 0.408. The van der Waals surface area contributed by atoms with Gasteiger partial charge in [0, 0.05) is 18.0 Å². The van der Waals surface area contributed by atoms with E-state index >= 15 is 0 Å². The van der Waals surface area contributed by atoms with Gasteiger partial charge in [0.2, 0.25) is 16.0 Å². The average molecular weight is 440 g/mol. The van der Waals surface area contributed by atoms with Crippen LogP contribution in [0.25, 0.3) is 6.08 Å². The fourth-order valence-electron chi connectivity index (χ4n) is 2.64. The summed E-state index contributed by atoms with van der Waals surface area (Å²) < 4.78 is 23.1. The minimum Gasteiger partial charge on any atom is -0.504 e. The Morgan fingerprint density at radius 1 is 1.06 bits per heavy atom. The predicted molar refractivity (Wildman–Crippen MR) is 115 cm³/mol. The van der Waals surface area contributed by atoms with Crippen molar-refractivity contribution >= 4 is 33.6 Å². The number of benzene rings is 2. The molecule has 1 amide bonds. The van der Waals surface area contributed by atoms with E-state index in [1.807, 2.05) is 6.92 Å². The lowest BCUT2D eigenvalue weighted by Gasteiger charge is -2.20. The fraction of sp³-hybridized carbons (Fsp3) is 0.0952. The number of sulfonamides is 1. The van der Waals surface area contributed by atoms with Gasteiger partial charge in [0.1, 0.15) is 0 Å². The third-order valence-electron chi connectivity index (χ3n) is 4.47. The molecule has 3 aromatic rings. The number of hydrogen-bond acceptors (Lipinski definition) is 7. The van der Waals surface area contributed by atoms with E-state index in [1.165, 1.54) is 59.5 Å². The molecule has 160 valence electrons. The molecule has 10 heteroatoms. The van der Waals surface area contributed by atoms with Crippen LogP contribution in [-0.4, -0.2) is 34.5 Å². The molecule has 2 aromatic carbocycles. The topological polar surface area (TPSA) is 147 Å². The summed E-state index contributed by atoms with van der Waals surface area (Å²) in [5.74, 6) is -1.00. The first kappa shape index (κ1) is 21.9. The number of carbonyl (C=O) groups is 1. The standard InChI is InChI=1S/C21H20N4O5S/c1-13-12-23-21(24-14(13)2)25(16-5-7-17(8-6-16)31(22,29)30)20(28)10-4-15-3-9-18(26)19(27)11-15/h3-12,26-27H,1-2H3,(H2,22,29,30)/b10-4+. The molecule has 4 N–H and O–H groups in total. The van der Waals surface area contributed by atoms with Crippen molar-refractivity contribution in [1.82, 2.24) is 9.97 Å². The lowest BCUT2D eigenvalue weighted by molar-refractivity contribution is -0.113. The maximum atomic E-state index is 13.1. The summed E-state index contributed by atoms with van der Waals surface area (Å²) in [7, 11) is -3.89. The zero-order chi connectivity index (χ0) is 22.8. The van der Waals surface area contributed by atoms with E-state index in [1.54, 1.807) is 13.1 Å². The Morgan fingerprint density at radius 3 is 2.32 bits per heavy atom. The largest absolute Gasteiger partial charge is 0.504 e. The number of phenols is 2. The first-order valence-electron chi connectivity index (χ1n) is 9.03. The zero-order valence-electron chi connectivity index (χ0n) is 16.7. The van der Waals surface area contributed by atoms with Crippen molar-refractivity contribution in [2.24, 2.45) is 5.14 Å². The van der Waals surface area contributed by atoms with Crippen molar-refractivity contribution in [3.05, 3.63) is 71.6 Å².